The third-order valence-corrected chi connectivity index (χ3v) is 1.05. The molecule has 1 rings (SSSR count). The van der Waals surface area contributed by atoms with Crippen LogP contribution in [-0.4, -0.2) is 0 Å². The minimum Gasteiger partial charge on any atom is -0.512 e. The van der Waals surface area contributed by atoms with Crippen molar-refractivity contribution in [1.82, 2.24) is 0 Å². The van der Waals surface area contributed by atoms with Gasteiger partial charge in [-0.1, -0.05) is 12.1 Å². The van der Waals surface area contributed by atoms with Crippen LogP contribution in [0.3, 0.4) is 0 Å². The number of hydrogen-bond donors (Lipinski definition) is 0. The van der Waals surface area contributed by atoms with Gasteiger partial charge in [-0.15, -0.1) is 0 Å². The Balaban J connectivity index is -0.0000000836. The van der Waals surface area contributed by atoms with Crippen LogP contribution in [-0.2, 0) is 17.1 Å². The zero-order chi connectivity index (χ0) is 5.54. The van der Waals surface area contributed by atoms with Crippen molar-refractivity contribution in [2.24, 2.45) is 0 Å². The Kier molecular flexibility index (Phi) is 28.3. The van der Waals surface area contributed by atoms with E-state index in [9.17, 15) is 0 Å². The molecule has 47 valence electrons. The SMILES string of the molecule is [C-]#N.[Cu].[Li+].c1ccsc1. The molecule has 0 aliphatic carbocycles. The third kappa shape index (κ3) is 11.7. The van der Waals surface area contributed by atoms with Crippen LogP contribution in [0.2, 0.25) is 0 Å². The quantitative estimate of drug-likeness (QED) is 0.365. The van der Waals surface area contributed by atoms with Crippen molar-refractivity contribution in [3.8, 4) is 0 Å². The fraction of sp³-hybridized carbons (Fsp3) is 0. The second-order valence-electron chi connectivity index (χ2n) is 0.793. The Morgan fingerprint density at radius 3 is 1.56 bits per heavy atom. The number of thiophene rings is 1. The monoisotopic (exact) mass is 180 g/mol. The first-order valence-electron chi connectivity index (χ1n) is 1.70. The van der Waals surface area contributed by atoms with Crippen LogP contribution < -0.4 is 18.9 Å². The van der Waals surface area contributed by atoms with E-state index < -0.39 is 0 Å². The largest absolute Gasteiger partial charge is 1.00 e. The summed E-state index contributed by atoms with van der Waals surface area (Å²) in [5.74, 6) is 0. The molecule has 9 heavy (non-hydrogen) atoms. The Morgan fingerprint density at radius 2 is 1.44 bits per heavy atom. The van der Waals surface area contributed by atoms with E-state index in [2.05, 4.69) is 0 Å². The molecule has 0 unspecified atom stereocenters. The van der Waals surface area contributed by atoms with Crippen molar-refractivity contribution in [2.45, 2.75) is 0 Å². The minimum absolute atomic E-state index is 0. The summed E-state index contributed by atoms with van der Waals surface area (Å²) >= 11 is 1.71. The summed E-state index contributed by atoms with van der Waals surface area (Å²) in [6.45, 7) is 4.75. The van der Waals surface area contributed by atoms with E-state index >= 15 is 0 Å². The van der Waals surface area contributed by atoms with Gasteiger partial charge in [0.2, 0.25) is 0 Å². The molecule has 1 radical (unpaired) electrons. The first-order valence-corrected chi connectivity index (χ1v) is 2.64. The molecule has 0 atom stereocenters. The van der Waals surface area contributed by atoms with Crippen LogP contribution in [0, 0.1) is 11.8 Å². The molecule has 0 fully saturated rings. The summed E-state index contributed by atoms with van der Waals surface area (Å²) in [6.07, 6.45) is 0. The van der Waals surface area contributed by atoms with Gasteiger partial charge < -0.3 is 11.8 Å². The van der Waals surface area contributed by atoms with E-state index in [1.165, 1.54) is 0 Å². The standard InChI is InChI=1S/C4H4S.CN.Cu.Li/c1-2-4-5-3-1;1-2;;/h1-4H;;;/q;-1;;+1. The van der Waals surface area contributed by atoms with Gasteiger partial charge in [0.1, 0.15) is 0 Å². The normalized spacial score (nSPS) is 4.67. The van der Waals surface area contributed by atoms with Crippen molar-refractivity contribution in [3.05, 3.63) is 29.5 Å². The first kappa shape index (κ1) is 16.1. The Hall–Kier alpha value is 0.307. The van der Waals surface area contributed by atoms with Gasteiger partial charge in [-0.3, -0.25) is 0 Å². The zero-order valence-corrected chi connectivity index (χ0v) is 6.72. The predicted molar refractivity (Wildman–Crippen MR) is 29.3 cm³/mol. The van der Waals surface area contributed by atoms with Crippen molar-refractivity contribution >= 4 is 11.3 Å². The van der Waals surface area contributed by atoms with Crippen LogP contribution in [0.5, 0.6) is 0 Å². The number of hydrogen-bond acceptors (Lipinski definition) is 2. The molecule has 0 aliphatic heterocycles. The average molecular weight is 181 g/mol. The molecule has 4 heteroatoms. The minimum atomic E-state index is 0. The summed E-state index contributed by atoms with van der Waals surface area (Å²) in [4.78, 5) is 0. The van der Waals surface area contributed by atoms with Gasteiger partial charge in [-0.25, -0.2) is 0 Å². The maximum atomic E-state index is 6.25. The molecule has 0 saturated heterocycles. The molecule has 0 bridgehead atoms. The summed E-state index contributed by atoms with van der Waals surface area (Å²) in [5, 5.41) is 10.3. The van der Waals surface area contributed by atoms with Crippen LogP contribution in [0.25, 0.3) is 0 Å². The van der Waals surface area contributed by atoms with E-state index in [1.807, 2.05) is 22.9 Å². The molecule has 1 heterocycles. The maximum absolute atomic E-state index is 6.25. The Morgan fingerprint density at radius 1 is 1.11 bits per heavy atom. The van der Waals surface area contributed by atoms with Crippen molar-refractivity contribution in [1.29, 1.82) is 5.26 Å². The van der Waals surface area contributed by atoms with Gasteiger partial charge in [0, 0.05) is 17.1 Å². The summed E-state index contributed by atoms with van der Waals surface area (Å²) in [5.41, 5.74) is 0. The van der Waals surface area contributed by atoms with E-state index in [4.69, 9.17) is 11.8 Å². The fourth-order valence-electron chi connectivity index (χ4n) is 0.227. The topological polar surface area (TPSA) is 23.8 Å². The molecule has 0 amide bonds. The average Bonchev–Trinajstić information content (AvgIpc) is 2.23. The van der Waals surface area contributed by atoms with Crippen LogP contribution in [0.15, 0.2) is 22.9 Å². The molecule has 0 aliphatic rings. The Bertz CT molecular complexity index is 101. The molecular formula is C5H4CuLiNS. The predicted octanol–water partition coefficient (Wildman–Crippen LogP) is -1.15. The fourth-order valence-corrected chi connectivity index (χ4v) is 0.680. The molecule has 0 aromatic carbocycles. The second-order valence-corrected chi connectivity index (χ2v) is 1.61. The molecule has 0 saturated carbocycles. The van der Waals surface area contributed by atoms with E-state index in [0.717, 1.165) is 0 Å². The van der Waals surface area contributed by atoms with Crippen molar-refractivity contribution in [2.75, 3.05) is 0 Å². The summed E-state index contributed by atoms with van der Waals surface area (Å²) < 4.78 is 0. The van der Waals surface area contributed by atoms with Crippen LogP contribution >= 0.6 is 11.3 Å². The second kappa shape index (κ2) is 15.7. The number of nitrogens with zero attached hydrogens (tertiary/aromatic N) is 1. The third-order valence-electron chi connectivity index (χ3n) is 0.425. The molecule has 0 N–H and O–H groups in total. The summed E-state index contributed by atoms with van der Waals surface area (Å²) in [7, 11) is 0. The van der Waals surface area contributed by atoms with Gasteiger partial charge in [0.05, 0.1) is 0 Å². The maximum Gasteiger partial charge on any atom is 1.00 e. The molecule has 1 aromatic rings. The first-order chi connectivity index (χ1) is 3.50. The van der Waals surface area contributed by atoms with E-state index in [0.29, 0.717) is 0 Å². The molecular weight excluding hydrogens is 177 g/mol. The summed E-state index contributed by atoms with van der Waals surface area (Å²) in [6, 6.07) is 4.04. The van der Waals surface area contributed by atoms with Crippen LogP contribution in [0.1, 0.15) is 0 Å². The van der Waals surface area contributed by atoms with E-state index in [-0.39, 0.29) is 35.9 Å². The molecule has 0 spiro atoms. The van der Waals surface area contributed by atoms with Crippen molar-refractivity contribution < 1.29 is 35.9 Å². The molecule has 1 nitrogen and oxygen atoms in total. The smallest absolute Gasteiger partial charge is 0.512 e. The van der Waals surface area contributed by atoms with Gasteiger partial charge in [-0.2, -0.15) is 11.3 Å². The molecule has 1 aromatic heterocycles. The zero-order valence-electron chi connectivity index (χ0n) is 4.97. The Labute approximate surface area is 81.7 Å². The van der Waals surface area contributed by atoms with Crippen molar-refractivity contribution in [3.63, 3.8) is 0 Å². The van der Waals surface area contributed by atoms with Crippen LogP contribution in [0.4, 0.5) is 0 Å². The van der Waals surface area contributed by atoms with Gasteiger partial charge in [0.15, 0.2) is 0 Å². The van der Waals surface area contributed by atoms with E-state index in [1.54, 1.807) is 11.3 Å². The number of rotatable bonds is 0. The van der Waals surface area contributed by atoms with Gasteiger partial charge in [0.25, 0.3) is 0 Å². The van der Waals surface area contributed by atoms with Gasteiger partial charge >= 0.3 is 18.9 Å². The van der Waals surface area contributed by atoms with Gasteiger partial charge in [-0.05, 0) is 10.8 Å².